The Bertz CT molecular complexity index is 462. The molecule has 0 bridgehead atoms. The molecule has 0 radical (unpaired) electrons. The fourth-order valence-electron chi connectivity index (χ4n) is 1.27. The fourth-order valence-corrected chi connectivity index (χ4v) is 1.41. The van der Waals surface area contributed by atoms with Crippen LogP contribution in [0, 0.1) is 11.6 Å². The van der Waals surface area contributed by atoms with Crippen molar-refractivity contribution in [3.63, 3.8) is 0 Å². The van der Waals surface area contributed by atoms with Gasteiger partial charge in [-0.05, 0) is 18.2 Å². The lowest BCUT2D eigenvalue weighted by Gasteiger charge is -2.03. The molecule has 0 fully saturated rings. The number of alkyl halides is 1. The monoisotopic (exact) mass is 228 g/mol. The van der Waals surface area contributed by atoms with E-state index in [1.807, 2.05) is 0 Å². The Labute approximate surface area is 90.1 Å². The van der Waals surface area contributed by atoms with Crippen molar-refractivity contribution in [2.75, 3.05) is 0 Å². The molecule has 78 valence electrons. The highest BCUT2D eigenvalue weighted by Gasteiger charge is 2.11. The Hall–Kier alpha value is -1.42. The minimum atomic E-state index is -0.653. The lowest BCUT2D eigenvalue weighted by atomic mass is 10.3. The van der Waals surface area contributed by atoms with Gasteiger partial charge in [-0.15, -0.1) is 11.6 Å². The summed E-state index contributed by atoms with van der Waals surface area (Å²) < 4.78 is 27.8. The van der Waals surface area contributed by atoms with Crippen LogP contribution in [0.15, 0.2) is 30.5 Å². The molecule has 0 spiro atoms. The Balaban J connectivity index is 2.53. The standard InChI is InChI=1S/C10H7ClF2N2/c11-6-7-4-5-15(14-7)10-8(12)2-1-3-9(10)13/h1-5H,6H2. The molecule has 0 aliphatic carbocycles. The number of aromatic nitrogens is 2. The van der Waals surface area contributed by atoms with Crippen molar-refractivity contribution in [1.29, 1.82) is 0 Å². The number of para-hydroxylation sites is 1. The van der Waals surface area contributed by atoms with Crippen LogP contribution in [0.4, 0.5) is 8.78 Å². The van der Waals surface area contributed by atoms with E-state index in [0.717, 1.165) is 4.68 Å². The molecule has 0 saturated heterocycles. The predicted octanol–water partition coefficient (Wildman–Crippen LogP) is 2.89. The number of halogens is 3. The van der Waals surface area contributed by atoms with Crippen LogP contribution in [0.2, 0.25) is 0 Å². The molecule has 1 heterocycles. The molecule has 0 atom stereocenters. The number of rotatable bonds is 2. The first-order valence-corrected chi connectivity index (χ1v) is 4.80. The minimum absolute atomic E-state index is 0.186. The van der Waals surface area contributed by atoms with Crippen molar-refractivity contribution >= 4 is 11.6 Å². The molecule has 0 aliphatic heterocycles. The zero-order valence-corrected chi connectivity index (χ0v) is 8.38. The van der Waals surface area contributed by atoms with Crippen LogP contribution in [0.25, 0.3) is 5.69 Å². The normalized spacial score (nSPS) is 10.6. The molecular formula is C10H7ClF2N2. The maximum Gasteiger partial charge on any atom is 0.151 e. The van der Waals surface area contributed by atoms with E-state index in [9.17, 15) is 8.78 Å². The van der Waals surface area contributed by atoms with E-state index in [4.69, 9.17) is 11.6 Å². The van der Waals surface area contributed by atoms with Crippen molar-refractivity contribution in [3.8, 4) is 5.69 Å². The van der Waals surface area contributed by atoms with E-state index >= 15 is 0 Å². The number of nitrogens with zero attached hydrogens (tertiary/aromatic N) is 2. The van der Waals surface area contributed by atoms with Gasteiger partial charge < -0.3 is 0 Å². The summed E-state index contributed by atoms with van der Waals surface area (Å²) in [6.07, 6.45) is 1.47. The van der Waals surface area contributed by atoms with Gasteiger partial charge in [-0.1, -0.05) is 6.07 Å². The summed E-state index contributed by atoms with van der Waals surface area (Å²) >= 11 is 5.54. The van der Waals surface area contributed by atoms with E-state index in [1.54, 1.807) is 6.07 Å². The van der Waals surface area contributed by atoms with Crippen LogP contribution in [-0.4, -0.2) is 9.78 Å². The van der Waals surface area contributed by atoms with Gasteiger partial charge in [0, 0.05) is 6.20 Å². The largest absolute Gasteiger partial charge is 0.235 e. The molecule has 2 rings (SSSR count). The third-order valence-corrected chi connectivity index (χ3v) is 2.22. The second-order valence-corrected chi connectivity index (χ2v) is 3.22. The first-order valence-electron chi connectivity index (χ1n) is 4.27. The zero-order valence-electron chi connectivity index (χ0n) is 7.62. The third kappa shape index (κ3) is 1.85. The third-order valence-electron chi connectivity index (χ3n) is 1.95. The SMILES string of the molecule is Fc1cccc(F)c1-n1ccc(CCl)n1. The molecule has 0 unspecified atom stereocenters. The lowest BCUT2D eigenvalue weighted by Crippen LogP contribution is -2.02. The fraction of sp³-hybridized carbons (Fsp3) is 0.100. The molecule has 15 heavy (non-hydrogen) atoms. The molecular weight excluding hydrogens is 222 g/mol. The first-order chi connectivity index (χ1) is 7.22. The van der Waals surface area contributed by atoms with E-state index in [0.29, 0.717) is 5.69 Å². The molecule has 5 heteroatoms. The molecule has 0 aliphatic rings. The summed E-state index contributed by atoms with van der Waals surface area (Å²) in [5, 5.41) is 3.93. The average molecular weight is 229 g/mol. The number of hydrogen-bond donors (Lipinski definition) is 0. The van der Waals surface area contributed by atoms with Crippen LogP contribution >= 0.6 is 11.6 Å². The predicted molar refractivity (Wildman–Crippen MR) is 53.0 cm³/mol. The van der Waals surface area contributed by atoms with Crippen molar-refractivity contribution < 1.29 is 8.78 Å². The van der Waals surface area contributed by atoms with Crippen LogP contribution in [-0.2, 0) is 5.88 Å². The summed E-state index contributed by atoms with van der Waals surface area (Å²) in [5.74, 6) is -1.10. The van der Waals surface area contributed by atoms with Gasteiger partial charge >= 0.3 is 0 Å². The van der Waals surface area contributed by atoms with Gasteiger partial charge in [-0.3, -0.25) is 0 Å². The summed E-state index contributed by atoms with van der Waals surface area (Å²) in [4.78, 5) is 0. The van der Waals surface area contributed by atoms with Gasteiger partial charge in [-0.25, -0.2) is 13.5 Å². The van der Waals surface area contributed by atoms with E-state index in [1.165, 1.54) is 24.4 Å². The molecule has 1 aromatic carbocycles. The first kappa shape index (κ1) is 10.1. The number of hydrogen-bond acceptors (Lipinski definition) is 1. The van der Waals surface area contributed by atoms with Crippen molar-refractivity contribution in [2.24, 2.45) is 0 Å². The Morgan fingerprint density at radius 1 is 1.20 bits per heavy atom. The van der Waals surface area contributed by atoms with Crippen LogP contribution in [0.3, 0.4) is 0 Å². The Kier molecular flexibility index (Phi) is 2.68. The van der Waals surface area contributed by atoms with E-state index in [2.05, 4.69) is 5.10 Å². The highest BCUT2D eigenvalue weighted by molar-refractivity contribution is 6.16. The minimum Gasteiger partial charge on any atom is -0.235 e. The topological polar surface area (TPSA) is 17.8 Å². The second kappa shape index (κ2) is 3.98. The molecule has 1 aromatic heterocycles. The Morgan fingerprint density at radius 2 is 1.87 bits per heavy atom. The molecule has 2 nitrogen and oxygen atoms in total. The quantitative estimate of drug-likeness (QED) is 0.723. The summed E-state index contributed by atoms with van der Waals surface area (Å²) in [5.41, 5.74) is 0.383. The zero-order chi connectivity index (χ0) is 10.8. The van der Waals surface area contributed by atoms with E-state index < -0.39 is 11.6 Å². The van der Waals surface area contributed by atoms with Gasteiger partial charge in [-0.2, -0.15) is 5.10 Å². The molecule has 2 aromatic rings. The maximum atomic E-state index is 13.3. The van der Waals surface area contributed by atoms with Crippen molar-refractivity contribution in [2.45, 2.75) is 5.88 Å². The van der Waals surface area contributed by atoms with Gasteiger partial charge in [0.2, 0.25) is 0 Å². The summed E-state index contributed by atoms with van der Waals surface area (Å²) in [7, 11) is 0. The van der Waals surface area contributed by atoms with Crippen LogP contribution in [0.1, 0.15) is 5.69 Å². The molecule has 0 saturated carbocycles. The maximum absolute atomic E-state index is 13.3. The van der Waals surface area contributed by atoms with Gasteiger partial charge in [0.1, 0.15) is 5.69 Å². The second-order valence-electron chi connectivity index (χ2n) is 2.96. The summed E-state index contributed by atoms with van der Waals surface area (Å²) in [6, 6.07) is 5.28. The van der Waals surface area contributed by atoms with Crippen molar-refractivity contribution in [1.82, 2.24) is 9.78 Å². The lowest BCUT2D eigenvalue weighted by molar-refractivity contribution is 0.559. The van der Waals surface area contributed by atoms with Gasteiger partial charge in [0.05, 0.1) is 11.6 Å². The van der Waals surface area contributed by atoms with E-state index in [-0.39, 0.29) is 11.6 Å². The van der Waals surface area contributed by atoms with Crippen molar-refractivity contribution in [3.05, 3.63) is 47.8 Å². The molecule has 0 amide bonds. The molecule has 0 N–H and O–H groups in total. The van der Waals surface area contributed by atoms with Crippen LogP contribution in [0.5, 0.6) is 0 Å². The van der Waals surface area contributed by atoms with Crippen LogP contribution < -0.4 is 0 Å². The Morgan fingerprint density at radius 3 is 2.40 bits per heavy atom. The highest BCUT2D eigenvalue weighted by atomic mass is 35.5. The number of benzene rings is 1. The smallest absolute Gasteiger partial charge is 0.151 e. The average Bonchev–Trinajstić information content (AvgIpc) is 2.66. The van der Waals surface area contributed by atoms with Gasteiger partial charge in [0.25, 0.3) is 0 Å². The van der Waals surface area contributed by atoms with Gasteiger partial charge in [0.15, 0.2) is 11.6 Å². The summed E-state index contributed by atoms with van der Waals surface area (Å²) in [6.45, 7) is 0. The highest BCUT2D eigenvalue weighted by Crippen LogP contribution is 2.17.